The molecule has 2 aliphatic heterocycles. The Morgan fingerprint density at radius 1 is 0.822 bits per heavy atom. The topological polar surface area (TPSA) is 57.5 Å². The lowest BCUT2D eigenvalue weighted by Crippen LogP contribution is -2.29. The quantitative estimate of drug-likeness (QED) is 0.217. The van der Waals surface area contributed by atoms with Crippen molar-refractivity contribution in [2.24, 2.45) is 16.1 Å². The number of aryl methyl sites for hydroxylation is 1. The first-order chi connectivity index (χ1) is 21.7. The predicted octanol–water partition coefficient (Wildman–Crippen LogP) is 10.7. The number of Topliss-reactive ketones (excluding diaryl/α,β-unsaturated/α-hetero) is 1. The van der Waals surface area contributed by atoms with Gasteiger partial charge in [0.15, 0.2) is 11.6 Å². The fourth-order valence-electron chi connectivity index (χ4n) is 3.16. The number of halogens is 5. The summed E-state index contributed by atoms with van der Waals surface area (Å²) >= 11 is 0. The van der Waals surface area contributed by atoms with E-state index in [2.05, 4.69) is 37.6 Å². The first kappa shape index (κ1) is 54.3. The zero-order valence-corrected chi connectivity index (χ0v) is 30.9. The molecule has 11 heteroatoms. The van der Waals surface area contributed by atoms with Gasteiger partial charge in [-0.25, -0.2) is 5.01 Å². The Morgan fingerprint density at radius 2 is 1.29 bits per heavy atom. The number of amidine groups is 1. The van der Waals surface area contributed by atoms with Crippen molar-refractivity contribution in [3.05, 3.63) is 53.4 Å². The first-order valence-electron chi connectivity index (χ1n) is 15.0. The second kappa shape index (κ2) is 38.8. The van der Waals surface area contributed by atoms with Crippen molar-refractivity contribution in [1.29, 1.82) is 0 Å². The van der Waals surface area contributed by atoms with Crippen LogP contribution < -0.4 is 4.74 Å². The van der Waals surface area contributed by atoms with Gasteiger partial charge in [-0.1, -0.05) is 67.9 Å². The number of alkyl halides is 5. The second-order valence-electron chi connectivity index (χ2n) is 8.09. The third-order valence-electron chi connectivity index (χ3n) is 5.37. The Labute approximate surface area is 272 Å². The monoisotopic (exact) mass is 654 g/mol. The normalized spacial score (nSPS) is 11.3. The summed E-state index contributed by atoms with van der Waals surface area (Å²) in [6.45, 7) is 27.2. The number of carbonyl (C=O) groups is 1. The number of nitrogens with zero attached hydrogens (tertiary/aromatic N) is 4. The average molecular weight is 655 g/mol. The zero-order chi connectivity index (χ0) is 37.1. The van der Waals surface area contributed by atoms with Crippen LogP contribution in [0.5, 0.6) is 5.75 Å². The van der Waals surface area contributed by atoms with Crippen molar-refractivity contribution in [2.45, 2.75) is 89.0 Å². The Bertz CT molecular complexity index is 935. The average Bonchev–Trinajstić information content (AvgIpc) is 3.41. The fraction of sp³-hybridized carbons (Fsp3) is 0.618. The number of hydrogen-bond donors (Lipinski definition) is 0. The van der Waals surface area contributed by atoms with Crippen LogP contribution in [-0.4, -0.2) is 76.4 Å². The maximum absolute atomic E-state index is 12.7. The van der Waals surface area contributed by atoms with E-state index in [1.54, 1.807) is 16.1 Å². The summed E-state index contributed by atoms with van der Waals surface area (Å²) < 4.78 is 53.0. The van der Waals surface area contributed by atoms with Crippen LogP contribution in [0.15, 0.2) is 52.5 Å². The van der Waals surface area contributed by atoms with Gasteiger partial charge in [-0.05, 0) is 69.0 Å². The van der Waals surface area contributed by atoms with Gasteiger partial charge in [0.25, 0.3) is 0 Å². The smallest absolute Gasteiger partial charge is 0.184 e. The summed E-state index contributed by atoms with van der Waals surface area (Å²) in [5.74, 6) is 2.88. The molecule has 266 valence electrons. The molecular weight excluding hydrogens is 591 g/mol. The molecule has 6 nitrogen and oxygen atoms in total. The van der Waals surface area contributed by atoms with Gasteiger partial charge < -0.3 is 4.74 Å². The third-order valence-corrected chi connectivity index (χ3v) is 5.37. The summed E-state index contributed by atoms with van der Waals surface area (Å²) in [6.07, 6.45) is 4.62. The molecule has 0 spiro atoms. The molecule has 0 N–H and O–H groups in total. The Hall–Kier alpha value is -3.24. The van der Waals surface area contributed by atoms with Gasteiger partial charge in [-0.15, -0.1) is 0 Å². The molecular formula is C34H63F5N4O2. The number of hydrazone groups is 2. The fourth-order valence-corrected chi connectivity index (χ4v) is 3.16. The molecule has 45 heavy (non-hydrogen) atoms. The molecule has 0 unspecified atom stereocenters. The van der Waals surface area contributed by atoms with Gasteiger partial charge in [0.1, 0.15) is 18.1 Å². The number of carbonyl (C=O) groups excluding carboxylic acids is 1. The standard InChI is InChI=1S/C19H22N4O2.C6H14.2C2H6.5CH3F/c1-6-25-17-8-12(2)7-16(10-17)18(24)11-22-15(5)23-19(21-22)13(3)9-14(4)20-23;1-4-6(3)5-2;7*1-2/h7-10H,5-6,11H2,1-4H3;6H,4-5H2,1-3H3;2*1-2H3;5*1H3. The molecule has 2 heterocycles. The molecule has 0 amide bonds. The lowest BCUT2D eigenvalue weighted by Gasteiger charge is -2.21. The molecule has 3 rings (SSSR count). The molecule has 0 aromatic heterocycles. The van der Waals surface area contributed by atoms with Crippen LogP contribution in [0.3, 0.4) is 0 Å². The maximum atomic E-state index is 12.7. The van der Waals surface area contributed by atoms with Crippen LogP contribution in [0.2, 0.25) is 0 Å². The number of benzene rings is 1. The van der Waals surface area contributed by atoms with Crippen molar-refractivity contribution >= 4 is 17.3 Å². The van der Waals surface area contributed by atoms with Crippen molar-refractivity contribution < 1.29 is 31.5 Å². The van der Waals surface area contributed by atoms with Crippen LogP contribution in [-0.2, 0) is 0 Å². The Morgan fingerprint density at radius 3 is 1.69 bits per heavy atom. The molecule has 0 radical (unpaired) electrons. The molecule has 0 saturated carbocycles. The van der Waals surface area contributed by atoms with Crippen LogP contribution >= 0.6 is 0 Å². The molecule has 2 aliphatic rings. The minimum atomic E-state index is -0.0441. The molecule has 1 aromatic rings. The van der Waals surface area contributed by atoms with E-state index in [1.165, 1.54) is 12.8 Å². The van der Waals surface area contributed by atoms with E-state index < -0.39 is 0 Å². The van der Waals surface area contributed by atoms with Crippen molar-refractivity contribution in [3.63, 3.8) is 0 Å². The minimum Gasteiger partial charge on any atom is -0.494 e. The van der Waals surface area contributed by atoms with E-state index in [0.29, 0.717) is 65.5 Å². The van der Waals surface area contributed by atoms with Gasteiger partial charge in [-0.2, -0.15) is 15.2 Å². The van der Waals surface area contributed by atoms with Crippen molar-refractivity contribution in [1.82, 2.24) is 10.0 Å². The van der Waals surface area contributed by atoms with Gasteiger partial charge in [0.2, 0.25) is 0 Å². The highest BCUT2D eigenvalue weighted by Crippen LogP contribution is 2.26. The van der Waals surface area contributed by atoms with E-state index in [9.17, 15) is 26.7 Å². The van der Waals surface area contributed by atoms with E-state index in [1.807, 2.05) is 73.6 Å². The van der Waals surface area contributed by atoms with E-state index in [0.717, 1.165) is 22.8 Å². The summed E-state index contributed by atoms with van der Waals surface area (Å²) in [4.78, 5) is 12.7. The largest absolute Gasteiger partial charge is 0.494 e. The summed E-state index contributed by atoms with van der Waals surface area (Å²) in [5, 5.41) is 12.2. The molecule has 0 bridgehead atoms. The summed E-state index contributed by atoms with van der Waals surface area (Å²) in [5.41, 5.74) is 3.47. The number of rotatable bonds is 7. The van der Waals surface area contributed by atoms with Crippen LogP contribution in [0.25, 0.3) is 0 Å². The molecule has 0 saturated heterocycles. The molecule has 0 atom stereocenters. The van der Waals surface area contributed by atoms with Gasteiger partial charge >= 0.3 is 0 Å². The van der Waals surface area contributed by atoms with Gasteiger partial charge in [0, 0.05) is 5.56 Å². The van der Waals surface area contributed by atoms with Crippen molar-refractivity contribution in [2.75, 3.05) is 49.0 Å². The van der Waals surface area contributed by atoms with E-state index in [-0.39, 0.29) is 12.3 Å². The zero-order valence-electron chi connectivity index (χ0n) is 30.9. The highest BCUT2D eigenvalue weighted by atomic mass is 19.1. The summed E-state index contributed by atoms with van der Waals surface area (Å²) in [6, 6.07) is 5.55. The minimum absolute atomic E-state index is 0.0441. The van der Waals surface area contributed by atoms with E-state index >= 15 is 0 Å². The SMILES string of the molecule is C=C1N(CC(=O)c2cc(C)cc(OCC)c2)N=C2C(C)=CC(C)=NN12.CC.CC.CCC(C)CC.CF.CF.CF.CF.CF. The number of fused-ring (bicyclic) bond motifs is 1. The van der Waals surface area contributed by atoms with Crippen molar-refractivity contribution in [3.8, 4) is 5.75 Å². The summed E-state index contributed by atoms with van der Waals surface area (Å²) in [7, 11) is 2.50. The maximum Gasteiger partial charge on any atom is 0.184 e. The number of hydrogen-bond acceptors (Lipinski definition) is 6. The Kier molecular flexibility index (Phi) is 46.8. The van der Waals surface area contributed by atoms with Gasteiger partial charge in [0.05, 0.1) is 48.2 Å². The van der Waals surface area contributed by atoms with Crippen LogP contribution in [0, 0.1) is 12.8 Å². The lowest BCUT2D eigenvalue weighted by molar-refractivity contribution is 0.0947. The third kappa shape index (κ3) is 22.9. The number of ketones is 1. The Balaban J connectivity index is -0.000000160. The van der Waals surface area contributed by atoms with Crippen LogP contribution in [0.4, 0.5) is 22.0 Å². The molecule has 0 fully saturated rings. The lowest BCUT2D eigenvalue weighted by atomic mass is 10.1. The van der Waals surface area contributed by atoms with E-state index in [4.69, 9.17) is 4.74 Å². The highest BCUT2D eigenvalue weighted by molar-refractivity contribution is 6.09. The second-order valence-corrected chi connectivity index (χ2v) is 8.09. The first-order valence-corrected chi connectivity index (χ1v) is 15.0. The highest BCUT2D eigenvalue weighted by Gasteiger charge is 2.31. The molecule has 1 aromatic carbocycles. The predicted molar refractivity (Wildman–Crippen MR) is 186 cm³/mol. The molecule has 0 aliphatic carbocycles. The number of ether oxygens (including phenoxy) is 1. The number of allylic oxidation sites excluding steroid dienone is 1. The van der Waals surface area contributed by atoms with Crippen LogP contribution in [0.1, 0.15) is 98.0 Å². The van der Waals surface area contributed by atoms with Gasteiger partial charge in [-0.3, -0.25) is 26.7 Å².